The maximum Gasteiger partial charge on any atom is 0.239 e. The summed E-state index contributed by atoms with van der Waals surface area (Å²) in [6.07, 6.45) is 0.970. The Morgan fingerprint density at radius 2 is 1.81 bits per heavy atom. The van der Waals surface area contributed by atoms with Crippen molar-refractivity contribution >= 4 is 49.7 Å². The summed E-state index contributed by atoms with van der Waals surface area (Å²) in [5.41, 5.74) is 1.39. The van der Waals surface area contributed by atoms with E-state index in [-0.39, 0.29) is 17.2 Å². The average molecular weight is 391 g/mol. The Hall–Kier alpha value is -2.64. The SMILES string of the molecule is CS(=O)(=O)CC(=O)Nc1c(C(=O)c2ccccc2)[nH]c2cc(Cl)ccc12. The lowest BCUT2D eigenvalue weighted by molar-refractivity contribution is -0.113. The molecule has 2 N–H and O–H groups in total. The quantitative estimate of drug-likeness (QED) is 0.654. The van der Waals surface area contributed by atoms with E-state index in [9.17, 15) is 18.0 Å². The maximum atomic E-state index is 12.9. The second-order valence-electron chi connectivity index (χ2n) is 5.88. The van der Waals surface area contributed by atoms with Crippen molar-refractivity contribution in [2.24, 2.45) is 0 Å². The third-order valence-electron chi connectivity index (χ3n) is 3.68. The third kappa shape index (κ3) is 3.95. The van der Waals surface area contributed by atoms with Gasteiger partial charge in [-0.1, -0.05) is 41.9 Å². The Morgan fingerprint density at radius 1 is 1.12 bits per heavy atom. The number of nitrogens with one attached hydrogen (secondary N) is 2. The third-order valence-corrected chi connectivity index (χ3v) is 4.70. The number of hydrogen-bond acceptors (Lipinski definition) is 4. The van der Waals surface area contributed by atoms with Crippen molar-refractivity contribution in [2.45, 2.75) is 0 Å². The van der Waals surface area contributed by atoms with Crippen LogP contribution in [-0.4, -0.2) is 37.1 Å². The van der Waals surface area contributed by atoms with Gasteiger partial charge >= 0.3 is 0 Å². The fourth-order valence-electron chi connectivity index (χ4n) is 2.62. The van der Waals surface area contributed by atoms with E-state index in [0.717, 1.165) is 6.26 Å². The number of sulfone groups is 1. The predicted octanol–water partition coefficient (Wildman–Crippen LogP) is 3.04. The van der Waals surface area contributed by atoms with Crippen LogP contribution in [0.2, 0.25) is 5.02 Å². The molecule has 1 heterocycles. The highest BCUT2D eigenvalue weighted by atomic mass is 35.5. The van der Waals surface area contributed by atoms with Gasteiger partial charge in [-0.2, -0.15) is 0 Å². The van der Waals surface area contributed by atoms with Gasteiger partial charge in [0.1, 0.15) is 11.4 Å². The molecule has 3 aromatic rings. The van der Waals surface area contributed by atoms with Gasteiger partial charge in [0.15, 0.2) is 9.84 Å². The lowest BCUT2D eigenvalue weighted by atomic mass is 10.1. The maximum absolute atomic E-state index is 12.9. The number of ketones is 1. The number of fused-ring (bicyclic) bond motifs is 1. The van der Waals surface area contributed by atoms with Gasteiger partial charge in [0.05, 0.1) is 5.69 Å². The second kappa shape index (κ2) is 6.93. The van der Waals surface area contributed by atoms with Crippen LogP contribution in [0.1, 0.15) is 16.1 Å². The van der Waals surface area contributed by atoms with E-state index < -0.39 is 21.5 Å². The Bertz CT molecular complexity index is 1100. The molecule has 1 amide bonds. The van der Waals surface area contributed by atoms with E-state index in [4.69, 9.17) is 11.6 Å². The number of benzene rings is 2. The number of amides is 1. The zero-order valence-corrected chi connectivity index (χ0v) is 15.3. The molecule has 134 valence electrons. The van der Waals surface area contributed by atoms with Crippen LogP contribution in [0.4, 0.5) is 5.69 Å². The van der Waals surface area contributed by atoms with Crippen LogP contribution in [0, 0.1) is 0 Å². The van der Waals surface area contributed by atoms with Gasteiger partial charge in [0, 0.05) is 27.7 Å². The van der Waals surface area contributed by atoms with Crippen LogP contribution >= 0.6 is 11.6 Å². The van der Waals surface area contributed by atoms with Gasteiger partial charge in [-0.25, -0.2) is 8.42 Å². The van der Waals surface area contributed by atoms with E-state index in [1.54, 1.807) is 48.5 Å². The van der Waals surface area contributed by atoms with Crippen LogP contribution in [0.3, 0.4) is 0 Å². The minimum absolute atomic E-state index is 0.162. The first-order valence-corrected chi connectivity index (χ1v) is 10.1. The molecule has 0 aliphatic carbocycles. The van der Waals surface area contributed by atoms with Crippen molar-refractivity contribution in [3.05, 3.63) is 64.8 Å². The first kappa shape index (κ1) is 18.2. The minimum Gasteiger partial charge on any atom is -0.350 e. The lowest BCUT2D eigenvalue weighted by Gasteiger charge is -2.07. The monoisotopic (exact) mass is 390 g/mol. The van der Waals surface area contributed by atoms with Crippen LogP contribution in [-0.2, 0) is 14.6 Å². The number of carbonyl (C=O) groups excluding carboxylic acids is 2. The summed E-state index contributed by atoms with van der Waals surface area (Å²) >= 11 is 6.00. The zero-order valence-electron chi connectivity index (χ0n) is 13.7. The summed E-state index contributed by atoms with van der Waals surface area (Å²) in [6, 6.07) is 13.5. The highest BCUT2D eigenvalue weighted by Crippen LogP contribution is 2.31. The number of anilines is 1. The number of carbonyl (C=O) groups is 2. The summed E-state index contributed by atoms with van der Waals surface area (Å²) in [5.74, 6) is -1.72. The first-order chi connectivity index (χ1) is 12.2. The van der Waals surface area contributed by atoms with Crippen molar-refractivity contribution < 1.29 is 18.0 Å². The number of aromatic amines is 1. The van der Waals surface area contributed by atoms with Crippen LogP contribution in [0.15, 0.2) is 48.5 Å². The van der Waals surface area contributed by atoms with Crippen molar-refractivity contribution in [1.29, 1.82) is 0 Å². The number of H-pyrrole nitrogens is 1. The fourth-order valence-corrected chi connectivity index (χ4v) is 3.34. The number of hydrogen-bond donors (Lipinski definition) is 2. The number of rotatable bonds is 5. The Balaban J connectivity index is 2.10. The molecule has 8 heteroatoms. The van der Waals surface area contributed by atoms with E-state index in [0.29, 0.717) is 21.5 Å². The molecule has 0 spiro atoms. The highest BCUT2D eigenvalue weighted by molar-refractivity contribution is 7.91. The largest absolute Gasteiger partial charge is 0.350 e. The molecule has 0 atom stereocenters. The minimum atomic E-state index is -3.50. The molecule has 0 fully saturated rings. The molecular formula is C18H15ClN2O4S. The van der Waals surface area contributed by atoms with Crippen molar-refractivity contribution in [3.63, 3.8) is 0 Å². The zero-order chi connectivity index (χ0) is 18.9. The van der Waals surface area contributed by atoms with Gasteiger partial charge < -0.3 is 10.3 Å². The molecule has 0 radical (unpaired) electrons. The van der Waals surface area contributed by atoms with Crippen molar-refractivity contribution in [2.75, 3.05) is 17.3 Å². The molecule has 0 saturated heterocycles. The average Bonchev–Trinajstić information content (AvgIpc) is 2.90. The van der Waals surface area contributed by atoms with Gasteiger partial charge in [-0.3, -0.25) is 9.59 Å². The molecule has 1 aromatic heterocycles. The van der Waals surface area contributed by atoms with E-state index in [2.05, 4.69) is 10.3 Å². The molecule has 0 aliphatic rings. The van der Waals surface area contributed by atoms with Crippen LogP contribution in [0.25, 0.3) is 10.9 Å². The Labute approximate surface area is 155 Å². The molecule has 26 heavy (non-hydrogen) atoms. The molecule has 0 unspecified atom stereocenters. The lowest BCUT2D eigenvalue weighted by Crippen LogP contribution is -2.23. The standard InChI is InChI=1S/C18H15ClN2O4S/c1-26(24,25)10-15(22)21-16-13-8-7-12(19)9-14(13)20-17(16)18(23)11-5-3-2-4-6-11/h2-9,20H,10H2,1H3,(H,21,22). The van der Waals surface area contributed by atoms with Crippen molar-refractivity contribution in [1.82, 2.24) is 4.98 Å². The smallest absolute Gasteiger partial charge is 0.239 e. The molecule has 0 aliphatic heterocycles. The van der Waals surface area contributed by atoms with Crippen LogP contribution in [0.5, 0.6) is 0 Å². The normalized spacial score (nSPS) is 11.5. The summed E-state index contributed by atoms with van der Waals surface area (Å²) in [4.78, 5) is 27.9. The molecule has 0 bridgehead atoms. The fraction of sp³-hybridized carbons (Fsp3) is 0.111. The molecule has 3 rings (SSSR count). The van der Waals surface area contributed by atoms with Gasteiger partial charge in [-0.05, 0) is 18.2 Å². The number of halogens is 1. The predicted molar refractivity (Wildman–Crippen MR) is 102 cm³/mol. The summed E-state index contributed by atoms with van der Waals surface area (Å²) in [7, 11) is -3.50. The van der Waals surface area contributed by atoms with Crippen molar-refractivity contribution in [3.8, 4) is 0 Å². The molecule has 6 nitrogen and oxygen atoms in total. The van der Waals surface area contributed by atoms with E-state index >= 15 is 0 Å². The molecule has 2 aromatic carbocycles. The van der Waals surface area contributed by atoms with E-state index in [1.165, 1.54) is 0 Å². The summed E-state index contributed by atoms with van der Waals surface area (Å²) < 4.78 is 22.7. The Kier molecular flexibility index (Phi) is 4.84. The second-order valence-corrected chi connectivity index (χ2v) is 8.45. The Morgan fingerprint density at radius 3 is 2.46 bits per heavy atom. The topological polar surface area (TPSA) is 96.1 Å². The van der Waals surface area contributed by atoms with Gasteiger partial charge in [0.2, 0.25) is 11.7 Å². The number of aromatic nitrogens is 1. The molecule has 0 saturated carbocycles. The summed E-state index contributed by atoms with van der Waals surface area (Å²) in [5, 5.41) is 3.58. The van der Waals surface area contributed by atoms with Crippen LogP contribution < -0.4 is 5.32 Å². The summed E-state index contributed by atoms with van der Waals surface area (Å²) in [6.45, 7) is 0. The highest BCUT2D eigenvalue weighted by Gasteiger charge is 2.22. The molecular weight excluding hydrogens is 376 g/mol. The van der Waals surface area contributed by atoms with E-state index in [1.807, 2.05) is 0 Å². The first-order valence-electron chi connectivity index (χ1n) is 7.63. The van der Waals surface area contributed by atoms with Gasteiger partial charge in [0.25, 0.3) is 0 Å². The van der Waals surface area contributed by atoms with Gasteiger partial charge in [-0.15, -0.1) is 0 Å².